The number of carbonyl (C=O) groups excluding carboxylic acids is 1. The Bertz CT molecular complexity index is 937. The Hall–Kier alpha value is -3.15. The number of hydrogen-bond donors (Lipinski definition) is 1. The molecule has 1 aliphatic rings. The molecule has 27 heavy (non-hydrogen) atoms. The minimum atomic E-state index is -0.0657. The fraction of sp³-hybridized carbons (Fsp3) is 0.286. The SMILES string of the molecule is Cc1ccc(OC2CCN(C(=O)NCc3cccc4ccccc34)C2)nn1. The second-order valence-corrected chi connectivity index (χ2v) is 6.78. The highest BCUT2D eigenvalue weighted by molar-refractivity contribution is 5.86. The molecular weight excluding hydrogens is 340 g/mol. The van der Waals surface area contributed by atoms with Crippen LogP contribution < -0.4 is 10.1 Å². The number of likely N-dealkylation sites (tertiary alicyclic amines) is 1. The van der Waals surface area contributed by atoms with Gasteiger partial charge in [-0.05, 0) is 29.3 Å². The number of amides is 2. The number of nitrogens with zero attached hydrogens (tertiary/aromatic N) is 3. The molecule has 0 radical (unpaired) electrons. The van der Waals surface area contributed by atoms with Gasteiger partial charge in [-0.25, -0.2) is 4.79 Å². The van der Waals surface area contributed by atoms with E-state index in [2.05, 4.69) is 39.8 Å². The zero-order valence-electron chi connectivity index (χ0n) is 15.3. The lowest BCUT2D eigenvalue weighted by Gasteiger charge is -2.18. The minimum Gasteiger partial charge on any atom is -0.471 e. The molecule has 1 N–H and O–H groups in total. The summed E-state index contributed by atoms with van der Waals surface area (Å²) in [5.74, 6) is 0.503. The number of hydrogen-bond acceptors (Lipinski definition) is 4. The highest BCUT2D eigenvalue weighted by Gasteiger charge is 2.27. The molecule has 3 aromatic rings. The number of urea groups is 1. The lowest BCUT2D eigenvalue weighted by atomic mass is 10.0. The molecule has 6 nitrogen and oxygen atoms in total. The molecule has 2 heterocycles. The molecule has 1 aliphatic heterocycles. The molecule has 4 rings (SSSR count). The molecule has 1 fully saturated rings. The van der Waals surface area contributed by atoms with E-state index in [9.17, 15) is 4.79 Å². The molecule has 0 aliphatic carbocycles. The molecular formula is C21H22N4O2. The number of fused-ring (bicyclic) bond motifs is 1. The molecule has 1 saturated heterocycles. The lowest BCUT2D eigenvalue weighted by molar-refractivity contribution is 0.182. The van der Waals surface area contributed by atoms with Gasteiger partial charge in [-0.3, -0.25) is 0 Å². The molecule has 1 unspecified atom stereocenters. The second kappa shape index (κ2) is 7.61. The van der Waals surface area contributed by atoms with Crippen molar-refractivity contribution >= 4 is 16.8 Å². The van der Waals surface area contributed by atoms with Gasteiger partial charge in [0, 0.05) is 25.6 Å². The summed E-state index contributed by atoms with van der Waals surface area (Å²) in [6.07, 6.45) is 0.738. The maximum absolute atomic E-state index is 12.5. The van der Waals surface area contributed by atoms with Gasteiger partial charge in [0.15, 0.2) is 0 Å². The van der Waals surface area contributed by atoms with E-state index >= 15 is 0 Å². The molecule has 0 bridgehead atoms. The van der Waals surface area contributed by atoms with Crippen LogP contribution in [0.5, 0.6) is 5.88 Å². The predicted molar refractivity (Wildman–Crippen MR) is 104 cm³/mol. The quantitative estimate of drug-likeness (QED) is 0.773. The Morgan fingerprint density at radius 3 is 2.85 bits per heavy atom. The van der Waals surface area contributed by atoms with Crippen molar-refractivity contribution < 1.29 is 9.53 Å². The predicted octanol–water partition coefficient (Wildman–Crippen LogP) is 3.30. The first-order valence-corrected chi connectivity index (χ1v) is 9.15. The largest absolute Gasteiger partial charge is 0.471 e. The molecule has 138 valence electrons. The van der Waals surface area contributed by atoms with Gasteiger partial charge >= 0.3 is 6.03 Å². The Balaban J connectivity index is 1.33. The van der Waals surface area contributed by atoms with E-state index in [-0.39, 0.29) is 12.1 Å². The van der Waals surface area contributed by atoms with Gasteiger partial charge in [0.05, 0.1) is 12.2 Å². The fourth-order valence-electron chi connectivity index (χ4n) is 3.36. The van der Waals surface area contributed by atoms with Gasteiger partial charge in [-0.2, -0.15) is 5.10 Å². The van der Waals surface area contributed by atoms with Crippen LogP contribution in [-0.4, -0.2) is 40.3 Å². The third-order valence-corrected chi connectivity index (χ3v) is 4.80. The van der Waals surface area contributed by atoms with Crippen LogP contribution >= 0.6 is 0 Å². The number of aromatic nitrogens is 2. The standard InChI is InChI=1S/C21H22N4O2/c1-15-9-10-20(24-23-15)27-18-11-12-25(14-18)21(26)22-13-17-7-4-6-16-5-2-3-8-19(16)17/h2-10,18H,11-14H2,1H3,(H,22,26). The lowest BCUT2D eigenvalue weighted by Crippen LogP contribution is -2.39. The van der Waals surface area contributed by atoms with Crippen molar-refractivity contribution in [2.75, 3.05) is 13.1 Å². The van der Waals surface area contributed by atoms with Crippen LogP contribution in [0, 0.1) is 6.92 Å². The van der Waals surface area contributed by atoms with Crippen molar-refractivity contribution in [2.45, 2.75) is 26.0 Å². The Morgan fingerprint density at radius 1 is 1.15 bits per heavy atom. The Labute approximate surface area is 158 Å². The highest BCUT2D eigenvalue weighted by Crippen LogP contribution is 2.19. The van der Waals surface area contributed by atoms with E-state index in [1.54, 1.807) is 4.90 Å². The summed E-state index contributed by atoms with van der Waals surface area (Å²) >= 11 is 0. The molecule has 1 aromatic heterocycles. The smallest absolute Gasteiger partial charge is 0.317 e. The summed E-state index contributed by atoms with van der Waals surface area (Å²) in [7, 11) is 0. The van der Waals surface area contributed by atoms with Gasteiger partial charge in [-0.15, -0.1) is 5.10 Å². The van der Waals surface area contributed by atoms with Gasteiger partial charge in [-0.1, -0.05) is 42.5 Å². The first-order valence-electron chi connectivity index (χ1n) is 9.15. The number of benzene rings is 2. The van der Waals surface area contributed by atoms with Gasteiger partial charge < -0.3 is 15.0 Å². The van der Waals surface area contributed by atoms with Gasteiger partial charge in [0.25, 0.3) is 0 Å². The highest BCUT2D eigenvalue weighted by atomic mass is 16.5. The number of carbonyl (C=O) groups is 1. The minimum absolute atomic E-state index is 0.0506. The van der Waals surface area contributed by atoms with Gasteiger partial charge in [0.1, 0.15) is 6.10 Å². The Kier molecular flexibility index (Phi) is 4.87. The molecule has 1 atom stereocenters. The van der Waals surface area contributed by atoms with Crippen LogP contribution in [0.2, 0.25) is 0 Å². The average Bonchev–Trinajstić information content (AvgIpc) is 3.16. The average molecular weight is 362 g/mol. The van der Waals surface area contributed by atoms with Crippen molar-refractivity contribution in [3.63, 3.8) is 0 Å². The molecule has 0 saturated carbocycles. The molecule has 2 amide bonds. The Morgan fingerprint density at radius 2 is 2.00 bits per heavy atom. The van der Waals surface area contributed by atoms with E-state index in [0.29, 0.717) is 25.5 Å². The topological polar surface area (TPSA) is 67.3 Å². The first kappa shape index (κ1) is 17.3. The maximum atomic E-state index is 12.5. The van der Waals surface area contributed by atoms with E-state index in [4.69, 9.17) is 4.74 Å². The van der Waals surface area contributed by atoms with Crippen LogP contribution in [-0.2, 0) is 6.54 Å². The fourth-order valence-corrected chi connectivity index (χ4v) is 3.36. The third kappa shape index (κ3) is 4.00. The van der Waals surface area contributed by atoms with Crippen LogP contribution in [0.15, 0.2) is 54.6 Å². The third-order valence-electron chi connectivity index (χ3n) is 4.80. The summed E-state index contributed by atoms with van der Waals surface area (Å²) < 4.78 is 5.84. The molecule has 6 heteroatoms. The van der Waals surface area contributed by atoms with E-state index in [1.165, 1.54) is 10.8 Å². The van der Waals surface area contributed by atoms with Crippen LogP contribution in [0.25, 0.3) is 10.8 Å². The summed E-state index contributed by atoms with van der Waals surface area (Å²) in [4.78, 5) is 14.3. The molecule has 0 spiro atoms. The van der Waals surface area contributed by atoms with Crippen molar-refractivity contribution in [3.05, 3.63) is 65.9 Å². The van der Waals surface area contributed by atoms with Crippen LogP contribution in [0.4, 0.5) is 4.79 Å². The van der Waals surface area contributed by atoms with E-state index in [1.807, 2.05) is 37.3 Å². The number of rotatable bonds is 4. The van der Waals surface area contributed by atoms with Crippen molar-refractivity contribution in [3.8, 4) is 5.88 Å². The number of aryl methyl sites for hydroxylation is 1. The summed E-state index contributed by atoms with van der Waals surface area (Å²) in [6, 6.07) is 18.0. The maximum Gasteiger partial charge on any atom is 0.317 e. The van der Waals surface area contributed by atoms with E-state index < -0.39 is 0 Å². The second-order valence-electron chi connectivity index (χ2n) is 6.78. The molecule has 2 aromatic carbocycles. The van der Waals surface area contributed by atoms with Crippen molar-refractivity contribution in [1.82, 2.24) is 20.4 Å². The monoisotopic (exact) mass is 362 g/mol. The van der Waals surface area contributed by atoms with Crippen LogP contribution in [0.1, 0.15) is 17.7 Å². The summed E-state index contributed by atoms with van der Waals surface area (Å²) in [5, 5.41) is 13.4. The number of nitrogens with one attached hydrogen (secondary N) is 1. The zero-order valence-corrected chi connectivity index (χ0v) is 15.3. The van der Waals surface area contributed by atoms with Crippen molar-refractivity contribution in [1.29, 1.82) is 0 Å². The summed E-state index contributed by atoms with van der Waals surface area (Å²) in [5.41, 5.74) is 1.96. The van der Waals surface area contributed by atoms with E-state index in [0.717, 1.165) is 17.7 Å². The van der Waals surface area contributed by atoms with Gasteiger partial charge in [0.2, 0.25) is 5.88 Å². The zero-order chi connectivity index (χ0) is 18.6. The van der Waals surface area contributed by atoms with Crippen LogP contribution in [0.3, 0.4) is 0 Å². The number of ether oxygens (including phenoxy) is 1. The summed E-state index contributed by atoms with van der Waals surface area (Å²) in [6.45, 7) is 3.61. The first-order chi connectivity index (χ1) is 13.2. The normalized spacial score (nSPS) is 16.5. The van der Waals surface area contributed by atoms with Crippen molar-refractivity contribution in [2.24, 2.45) is 0 Å².